The van der Waals surface area contributed by atoms with Gasteiger partial charge in [-0.15, -0.1) is 0 Å². The lowest BCUT2D eigenvalue weighted by Gasteiger charge is -2.18. The molecule has 0 bridgehead atoms. The van der Waals surface area contributed by atoms with E-state index in [1.54, 1.807) is 12.3 Å². The summed E-state index contributed by atoms with van der Waals surface area (Å²) >= 11 is 13.5. The molecule has 0 aliphatic carbocycles. The van der Waals surface area contributed by atoms with Crippen molar-refractivity contribution in [3.8, 4) is 40.1 Å². The number of aliphatic hydroxyl groups is 1. The van der Waals surface area contributed by atoms with Crippen LogP contribution in [0.1, 0.15) is 58.2 Å². The maximum atomic E-state index is 11.5. The van der Waals surface area contributed by atoms with E-state index in [2.05, 4.69) is 41.9 Å². The van der Waals surface area contributed by atoms with Crippen molar-refractivity contribution in [2.75, 3.05) is 19.7 Å². The number of aryl methyl sites for hydroxylation is 1. The average Bonchev–Trinajstić information content (AvgIpc) is 3.86. The molecule has 12 heteroatoms. The Labute approximate surface area is 341 Å². The molecule has 2 aromatic heterocycles. The summed E-state index contributed by atoms with van der Waals surface area (Å²) in [7, 11) is 0. The Hall–Kier alpha value is -5.44. The smallest absolute Gasteiger partial charge is 0.307 e. The molecule has 1 aliphatic rings. The Morgan fingerprint density at radius 3 is 2.46 bits per heavy atom. The molecule has 1 saturated heterocycles. The number of unbranched alkanes of at least 4 members (excludes halogenated alkanes) is 1. The van der Waals surface area contributed by atoms with Crippen molar-refractivity contribution in [3.63, 3.8) is 0 Å². The van der Waals surface area contributed by atoms with Crippen LogP contribution >= 0.6 is 23.2 Å². The van der Waals surface area contributed by atoms with Crippen LogP contribution in [0.25, 0.3) is 33.7 Å². The number of carbonyl (C=O) groups is 1. The summed E-state index contributed by atoms with van der Waals surface area (Å²) < 4.78 is 18.9. The zero-order valence-electron chi connectivity index (χ0n) is 31.7. The van der Waals surface area contributed by atoms with Gasteiger partial charge in [-0.25, -0.2) is 4.98 Å². The lowest BCUT2D eigenvalue weighted by Crippen LogP contribution is -2.22. The van der Waals surface area contributed by atoms with Crippen molar-refractivity contribution in [2.45, 2.75) is 59.3 Å². The van der Waals surface area contributed by atoms with Gasteiger partial charge < -0.3 is 24.1 Å². The number of nitrogens with zero attached hydrogens (tertiary/aromatic N) is 4. The molecule has 7 rings (SSSR count). The van der Waals surface area contributed by atoms with Crippen LogP contribution in [0.3, 0.4) is 0 Å². The molecular weight excluding hydrogens is 763 g/mol. The van der Waals surface area contributed by atoms with Gasteiger partial charge in [-0.3, -0.25) is 14.7 Å². The lowest BCUT2D eigenvalue weighted by atomic mass is 9.91. The van der Waals surface area contributed by atoms with Crippen molar-refractivity contribution >= 4 is 40.3 Å². The Balaban J connectivity index is 1.11. The minimum atomic E-state index is -0.756. The predicted octanol–water partition coefficient (Wildman–Crippen LogP) is 9.73. The highest BCUT2D eigenvalue weighted by molar-refractivity contribution is 6.34. The van der Waals surface area contributed by atoms with Gasteiger partial charge in [-0.05, 0) is 115 Å². The van der Waals surface area contributed by atoms with Gasteiger partial charge in [-0.2, -0.15) is 5.26 Å². The van der Waals surface area contributed by atoms with Gasteiger partial charge >= 0.3 is 5.97 Å². The van der Waals surface area contributed by atoms with Crippen molar-refractivity contribution in [1.82, 2.24) is 14.9 Å². The molecule has 1 aliphatic heterocycles. The number of fused-ring (bicyclic) bond motifs is 1. The maximum absolute atomic E-state index is 11.5. The largest absolute Gasteiger partial charge is 0.488 e. The number of halogens is 2. The molecule has 2 N–H and O–H groups in total. The van der Waals surface area contributed by atoms with Crippen LogP contribution in [0, 0.1) is 31.1 Å². The number of benzene rings is 4. The van der Waals surface area contributed by atoms with Crippen LogP contribution in [-0.2, 0) is 31.0 Å². The summed E-state index contributed by atoms with van der Waals surface area (Å²) in [6, 6.07) is 23.5. The number of carboxylic acids is 1. The molecule has 4 aromatic carbocycles. The molecule has 10 nitrogen and oxygen atoms in total. The summed E-state index contributed by atoms with van der Waals surface area (Å²) in [5.74, 6) is 0.456. The SMILES string of the molecule is Cc1c(COc2cc(OCc3cncc(C#N)c3)c(CCCCO)cc2Cl)cccc1-c1cccc(-c2nc3cc(CN4CC[C@@H](C(=O)O)C4)cc(Cl)c3o2)c1C. The molecule has 57 heavy (non-hydrogen) atoms. The lowest BCUT2D eigenvalue weighted by molar-refractivity contribution is -0.141. The number of aliphatic hydroxyl groups excluding tert-OH is 1. The van der Waals surface area contributed by atoms with E-state index in [1.807, 2.05) is 48.5 Å². The molecule has 1 fully saturated rings. The second-order valence-electron chi connectivity index (χ2n) is 14.4. The number of likely N-dealkylation sites (tertiary alicyclic amines) is 1. The summed E-state index contributed by atoms with van der Waals surface area (Å²) in [6.07, 6.45) is 5.90. The summed E-state index contributed by atoms with van der Waals surface area (Å²) in [5, 5.41) is 29.0. The molecule has 1 atom stereocenters. The monoisotopic (exact) mass is 804 g/mol. The fraction of sp³-hybridized carbons (Fsp3) is 0.289. The van der Waals surface area contributed by atoms with Crippen LogP contribution < -0.4 is 9.47 Å². The van der Waals surface area contributed by atoms with Crippen molar-refractivity contribution < 1.29 is 28.9 Å². The quantitative estimate of drug-likeness (QED) is 0.0964. The van der Waals surface area contributed by atoms with E-state index in [1.165, 1.54) is 6.20 Å². The normalized spacial score (nSPS) is 14.2. The highest BCUT2D eigenvalue weighted by atomic mass is 35.5. The van der Waals surface area contributed by atoms with Crippen LogP contribution in [0.5, 0.6) is 11.5 Å². The van der Waals surface area contributed by atoms with Gasteiger partial charge in [0.1, 0.15) is 36.3 Å². The first-order valence-electron chi connectivity index (χ1n) is 18.9. The Bertz CT molecular complexity index is 2480. The number of aromatic nitrogens is 2. The summed E-state index contributed by atoms with van der Waals surface area (Å²) in [5.41, 5.74) is 10.2. The standard InChI is InChI=1S/C45H42Cl2N4O6/c1-27-34(26-56-42-19-41(32(18-38(42)46)7-3-4-14-52)55-25-31-15-30(20-48)21-49-22-31)8-5-9-35(27)36-10-6-11-37(28(36)2)44-50-40-17-29(16-39(47)43(40)57-44)23-51-13-12-33(24-51)45(53)54/h5-6,8-11,15-19,21-22,33,52H,3-4,7,12-14,23-26H2,1-2H3,(H,53,54)/t33-/m1/s1. The van der Waals surface area contributed by atoms with Crippen molar-refractivity contribution in [3.05, 3.63) is 128 Å². The van der Waals surface area contributed by atoms with E-state index in [0.717, 1.165) is 63.0 Å². The molecular formula is C45H42Cl2N4O6. The second-order valence-corrected chi connectivity index (χ2v) is 15.2. The molecule has 3 heterocycles. The number of oxazole rings is 1. The number of rotatable bonds is 15. The molecule has 6 aromatic rings. The summed E-state index contributed by atoms with van der Waals surface area (Å²) in [6.45, 7) is 6.52. The van der Waals surface area contributed by atoms with E-state index in [9.17, 15) is 20.3 Å². The fourth-order valence-corrected chi connectivity index (χ4v) is 7.88. The van der Waals surface area contributed by atoms with Crippen molar-refractivity contribution in [1.29, 1.82) is 5.26 Å². The number of hydrogen-bond acceptors (Lipinski definition) is 9. The number of pyridine rings is 1. The zero-order chi connectivity index (χ0) is 40.1. The van der Waals surface area contributed by atoms with E-state index in [0.29, 0.717) is 76.5 Å². The van der Waals surface area contributed by atoms with E-state index < -0.39 is 5.97 Å². The predicted molar refractivity (Wildman–Crippen MR) is 219 cm³/mol. The average molecular weight is 806 g/mol. The summed E-state index contributed by atoms with van der Waals surface area (Å²) in [4.78, 5) is 22.6. The second kappa shape index (κ2) is 17.8. The molecule has 0 spiro atoms. The fourth-order valence-electron chi connectivity index (χ4n) is 7.37. The van der Waals surface area contributed by atoms with Crippen LogP contribution in [-0.4, -0.2) is 50.7 Å². The Kier molecular flexibility index (Phi) is 12.4. The molecule has 0 unspecified atom stereocenters. The van der Waals surface area contributed by atoms with E-state index >= 15 is 0 Å². The number of aliphatic carboxylic acids is 1. The van der Waals surface area contributed by atoms with Crippen LogP contribution in [0.2, 0.25) is 10.0 Å². The van der Waals surface area contributed by atoms with Gasteiger partial charge in [0.2, 0.25) is 5.89 Å². The van der Waals surface area contributed by atoms with Gasteiger partial charge in [-0.1, -0.05) is 53.5 Å². The van der Waals surface area contributed by atoms with E-state index in [-0.39, 0.29) is 25.7 Å². The third kappa shape index (κ3) is 9.08. The molecule has 0 amide bonds. The Morgan fingerprint density at radius 1 is 0.912 bits per heavy atom. The molecule has 0 radical (unpaired) electrons. The number of ether oxygens (including phenoxy) is 2. The van der Waals surface area contributed by atoms with Gasteiger partial charge in [0.15, 0.2) is 5.58 Å². The minimum absolute atomic E-state index is 0.103. The first-order chi connectivity index (χ1) is 27.6. The van der Waals surface area contributed by atoms with Crippen LogP contribution in [0.4, 0.5) is 0 Å². The first-order valence-corrected chi connectivity index (χ1v) is 19.6. The molecule has 292 valence electrons. The Morgan fingerprint density at radius 2 is 1.68 bits per heavy atom. The van der Waals surface area contributed by atoms with Gasteiger partial charge in [0.05, 0.1) is 21.5 Å². The highest BCUT2D eigenvalue weighted by Gasteiger charge is 2.28. The zero-order valence-corrected chi connectivity index (χ0v) is 33.2. The van der Waals surface area contributed by atoms with Gasteiger partial charge in [0.25, 0.3) is 0 Å². The van der Waals surface area contributed by atoms with Crippen molar-refractivity contribution in [2.24, 2.45) is 5.92 Å². The van der Waals surface area contributed by atoms with Gasteiger partial charge in [0, 0.05) is 49.3 Å². The molecule has 0 saturated carbocycles. The van der Waals surface area contributed by atoms with E-state index in [4.69, 9.17) is 42.1 Å². The topological polar surface area (TPSA) is 142 Å². The minimum Gasteiger partial charge on any atom is -0.488 e. The van der Waals surface area contributed by atoms with Crippen LogP contribution in [0.15, 0.2) is 83.5 Å². The number of carboxylic acid groups (broad SMARTS) is 1. The highest BCUT2D eigenvalue weighted by Crippen LogP contribution is 2.38. The first kappa shape index (κ1) is 39.8. The maximum Gasteiger partial charge on any atom is 0.307 e. The third-order valence-electron chi connectivity index (χ3n) is 10.5. The third-order valence-corrected chi connectivity index (χ3v) is 11.1. The number of hydrogen-bond donors (Lipinski definition) is 2. The number of nitriles is 1.